The van der Waals surface area contributed by atoms with Crippen molar-refractivity contribution in [2.45, 2.75) is 64.7 Å². The molecule has 1 saturated carbocycles. The van der Waals surface area contributed by atoms with E-state index in [1.54, 1.807) is 20.0 Å². The average molecular weight is 406 g/mol. The van der Waals surface area contributed by atoms with E-state index in [2.05, 4.69) is 41.0 Å². The summed E-state index contributed by atoms with van der Waals surface area (Å²) in [6, 6.07) is 4.25. The largest absolute Gasteiger partial charge is 0.444 e. The Kier molecular flexibility index (Phi) is 6.45. The van der Waals surface area contributed by atoms with Crippen LogP contribution in [0.3, 0.4) is 0 Å². The molecule has 1 aromatic heterocycles. The lowest BCUT2D eigenvalue weighted by atomic mass is 9.86. The molecular weight excluding hydrogens is 374 g/mol. The van der Waals surface area contributed by atoms with Crippen molar-refractivity contribution < 1.29 is 12.8 Å². The molecule has 0 atom stereocenters. The van der Waals surface area contributed by atoms with Gasteiger partial charge in [0.25, 0.3) is 0 Å². The second-order valence-corrected chi connectivity index (χ2v) is 10.4. The van der Waals surface area contributed by atoms with E-state index in [0.717, 1.165) is 49.2 Å². The van der Waals surface area contributed by atoms with Gasteiger partial charge in [-0.25, -0.2) is 18.1 Å². The summed E-state index contributed by atoms with van der Waals surface area (Å²) in [7, 11) is -3.18. The van der Waals surface area contributed by atoms with Crippen molar-refractivity contribution in [2.75, 3.05) is 11.9 Å². The van der Waals surface area contributed by atoms with Gasteiger partial charge < -0.3 is 9.73 Å². The fourth-order valence-corrected chi connectivity index (χ4v) is 4.71. The lowest BCUT2D eigenvalue weighted by Gasteiger charge is -2.30. The minimum absolute atomic E-state index is 0.0776. The molecule has 1 fully saturated rings. The molecule has 0 unspecified atom stereocenters. The Hall–Kier alpha value is -1.86. The van der Waals surface area contributed by atoms with Gasteiger partial charge in [-0.2, -0.15) is 0 Å². The fourth-order valence-electron chi connectivity index (χ4n) is 3.74. The third-order valence-electron chi connectivity index (χ3n) is 5.86. The molecule has 28 heavy (non-hydrogen) atoms. The van der Waals surface area contributed by atoms with Gasteiger partial charge in [-0.3, -0.25) is 0 Å². The highest BCUT2D eigenvalue weighted by atomic mass is 32.2. The molecule has 0 radical (unpaired) electrons. The summed E-state index contributed by atoms with van der Waals surface area (Å²) in [5, 5.41) is 3.22. The fraction of sp³-hybridized carbons (Fsp3) is 0.571. The SMILES string of the molecule is Cc1c(NCC2CCC(NS(=O)(=O)C(C)C)CC2)ccc(-c2cnco2)c1C. The molecule has 154 valence electrons. The van der Waals surface area contributed by atoms with Crippen LogP contribution in [0.2, 0.25) is 0 Å². The Morgan fingerprint density at radius 1 is 1.14 bits per heavy atom. The van der Waals surface area contributed by atoms with Gasteiger partial charge in [-0.15, -0.1) is 0 Å². The average Bonchev–Trinajstić information content (AvgIpc) is 3.18. The molecule has 0 bridgehead atoms. The molecule has 2 aromatic rings. The lowest BCUT2D eigenvalue weighted by molar-refractivity contribution is 0.323. The van der Waals surface area contributed by atoms with Crippen LogP contribution in [-0.2, 0) is 10.0 Å². The number of hydrogen-bond donors (Lipinski definition) is 2. The zero-order valence-corrected chi connectivity index (χ0v) is 18.0. The number of anilines is 1. The summed E-state index contributed by atoms with van der Waals surface area (Å²) in [6.45, 7) is 8.57. The molecule has 0 aliphatic heterocycles. The Labute approximate surface area is 168 Å². The van der Waals surface area contributed by atoms with Crippen molar-refractivity contribution >= 4 is 15.7 Å². The molecule has 0 saturated heterocycles. The Morgan fingerprint density at radius 2 is 1.86 bits per heavy atom. The van der Waals surface area contributed by atoms with Crippen molar-refractivity contribution in [1.82, 2.24) is 9.71 Å². The number of aromatic nitrogens is 1. The molecule has 1 heterocycles. The predicted molar refractivity (Wildman–Crippen MR) is 113 cm³/mol. The first-order chi connectivity index (χ1) is 13.3. The van der Waals surface area contributed by atoms with Crippen molar-refractivity contribution in [3.8, 4) is 11.3 Å². The van der Waals surface area contributed by atoms with E-state index in [1.807, 2.05) is 0 Å². The molecule has 6 nitrogen and oxygen atoms in total. The first kappa shape index (κ1) is 20.9. The number of nitrogens with one attached hydrogen (secondary N) is 2. The first-order valence-corrected chi connectivity index (χ1v) is 11.6. The molecular formula is C21H31N3O3S. The van der Waals surface area contributed by atoms with Gasteiger partial charge in [-0.1, -0.05) is 0 Å². The second kappa shape index (κ2) is 8.66. The maximum atomic E-state index is 12.0. The predicted octanol–water partition coefficient (Wildman–Crippen LogP) is 4.26. The monoisotopic (exact) mass is 405 g/mol. The van der Waals surface area contributed by atoms with Crippen LogP contribution in [0.4, 0.5) is 5.69 Å². The first-order valence-electron chi connectivity index (χ1n) is 10.0. The molecule has 2 N–H and O–H groups in total. The number of sulfonamides is 1. The van der Waals surface area contributed by atoms with E-state index in [-0.39, 0.29) is 11.3 Å². The van der Waals surface area contributed by atoms with E-state index >= 15 is 0 Å². The molecule has 1 aliphatic carbocycles. The molecule has 1 aromatic carbocycles. The van der Waals surface area contributed by atoms with Gasteiger partial charge >= 0.3 is 0 Å². The van der Waals surface area contributed by atoms with Gasteiger partial charge in [0.05, 0.1) is 11.4 Å². The summed E-state index contributed by atoms with van der Waals surface area (Å²) in [5.74, 6) is 1.35. The van der Waals surface area contributed by atoms with Gasteiger partial charge in [0.1, 0.15) is 0 Å². The van der Waals surface area contributed by atoms with Crippen LogP contribution >= 0.6 is 0 Å². The summed E-state index contributed by atoms with van der Waals surface area (Å²) in [6.07, 6.45) is 7.06. The maximum absolute atomic E-state index is 12.0. The van der Waals surface area contributed by atoms with Crippen LogP contribution in [0.25, 0.3) is 11.3 Å². The summed E-state index contributed by atoms with van der Waals surface area (Å²) < 4.78 is 32.4. The van der Waals surface area contributed by atoms with Gasteiger partial charge in [0.15, 0.2) is 12.2 Å². The number of hydrogen-bond acceptors (Lipinski definition) is 5. The van der Waals surface area contributed by atoms with E-state index < -0.39 is 10.0 Å². The summed E-state index contributed by atoms with van der Waals surface area (Å²) >= 11 is 0. The number of oxazole rings is 1. The van der Waals surface area contributed by atoms with Crippen molar-refractivity contribution in [2.24, 2.45) is 5.92 Å². The zero-order valence-electron chi connectivity index (χ0n) is 17.2. The van der Waals surface area contributed by atoms with Crippen molar-refractivity contribution in [1.29, 1.82) is 0 Å². The molecule has 1 aliphatic rings. The Balaban J connectivity index is 1.54. The molecule has 0 amide bonds. The van der Waals surface area contributed by atoms with E-state index in [9.17, 15) is 8.42 Å². The van der Waals surface area contributed by atoms with E-state index in [4.69, 9.17) is 4.42 Å². The second-order valence-electron chi connectivity index (χ2n) is 8.09. The number of rotatable bonds is 7. The van der Waals surface area contributed by atoms with E-state index in [0.29, 0.717) is 5.92 Å². The van der Waals surface area contributed by atoms with Gasteiger partial charge in [0.2, 0.25) is 10.0 Å². The highest BCUT2D eigenvalue weighted by Crippen LogP contribution is 2.31. The number of nitrogens with zero attached hydrogens (tertiary/aromatic N) is 1. The standard InChI is InChI=1S/C21H31N3O3S/c1-14(2)28(25,26)24-18-7-5-17(6-8-18)11-23-20-10-9-19(15(3)16(20)4)21-12-22-13-27-21/h9-10,12-14,17-18,23-24H,5-8,11H2,1-4H3. The van der Waals surface area contributed by atoms with Gasteiger partial charge in [0, 0.05) is 23.8 Å². The lowest BCUT2D eigenvalue weighted by Crippen LogP contribution is -2.41. The van der Waals surface area contributed by atoms with Crippen LogP contribution < -0.4 is 10.0 Å². The van der Waals surface area contributed by atoms with Gasteiger partial charge in [-0.05, 0) is 82.6 Å². The summed E-state index contributed by atoms with van der Waals surface area (Å²) in [5.41, 5.74) is 4.61. The molecule has 0 spiro atoms. The van der Waals surface area contributed by atoms with Crippen molar-refractivity contribution in [3.63, 3.8) is 0 Å². The normalized spacial score (nSPS) is 20.5. The minimum Gasteiger partial charge on any atom is -0.444 e. The smallest absolute Gasteiger partial charge is 0.214 e. The van der Waals surface area contributed by atoms with Crippen LogP contribution in [0, 0.1) is 19.8 Å². The maximum Gasteiger partial charge on any atom is 0.214 e. The highest BCUT2D eigenvalue weighted by Gasteiger charge is 2.26. The van der Waals surface area contributed by atoms with Crippen LogP contribution in [0.1, 0.15) is 50.7 Å². The highest BCUT2D eigenvalue weighted by molar-refractivity contribution is 7.90. The third-order valence-corrected chi connectivity index (χ3v) is 7.77. The Bertz CT molecular complexity index is 884. The van der Waals surface area contributed by atoms with E-state index in [1.165, 1.54) is 17.5 Å². The quantitative estimate of drug-likeness (QED) is 0.719. The van der Waals surface area contributed by atoms with Crippen LogP contribution in [-0.4, -0.2) is 31.2 Å². The molecule has 7 heteroatoms. The number of benzene rings is 1. The van der Waals surface area contributed by atoms with Crippen LogP contribution in [0.15, 0.2) is 29.1 Å². The third kappa shape index (κ3) is 4.75. The van der Waals surface area contributed by atoms with Crippen molar-refractivity contribution in [3.05, 3.63) is 35.9 Å². The van der Waals surface area contributed by atoms with Crippen LogP contribution in [0.5, 0.6) is 0 Å². The summed E-state index contributed by atoms with van der Waals surface area (Å²) in [4.78, 5) is 4.00. The minimum atomic E-state index is -3.18. The topological polar surface area (TPSA) is 84.2 Å². The Morgan fingerprint density at radius 3 is 2.46 bits per heavy atom. The zero-order chi connectivity index (χ0) is 20.3. The molecule has 3 rings (SSSR count).